The highest BCUT2D eigenvalue weighted by Gasteiger charge is 2.30. The van der Waals surface area contributed by atoms with Crippen LogP contribution in [0, 0.1) is 5.92 Å². The molecule has 0 aliphatic carbocycles. The van der Waals surface area contributed by atoms with Gasteiger partial charge in [0.2, 0.25) is 0 Å². The van der Waals surface area contributed by atoms with Crippen LogP contribution in [0.4, 0.5) is 4.79 Å². The zero-order valence-electron chi connectivity index (χ0n) is 17.7. The molecule has 4 rings (SSSR count). The molecule has 1 aromatic carbocycles. The molecule has 0 unspecified atom stereocenters. The predicted octanol–water partition coefficient (Wildman–Crippen LogP) is 3.02. The van der Waals surface area contributed by atoms with Crippen molar-refractivity contribution in [2.45, 2.75) is 39.2 Å². The number of likely N-dealkylation sites (tertiary alicyclic amines) is 1. The molecule has 3 heterocycles. The minimum Gasteiger partial charge on any atom is -0.497 e. The number of hydrogen-bond donors (Lipinski definition) is 0. The van der Waals surface area contributed by atoms with E-state index in [4.69, 9.17) is 14.5 Å². The molecule has 0 radical (unpaired) electrons. The van der Waals surface area contributed by atoms with Crippen LogP contribution in [0.2, 0.25) is 0 Å². The van der Waals surface area contributed by atoms with E-state index in [-0.39, 0.29) is 6.09 Å². The smallest absolute Gasteiger partial charge is 0.410 e. The largest absolute Gasteiger partial charge is 0.497 e. The second-order valence-corrected chi connectivity index (χ2v) is 8.48. The summed E-state index contributed by atoms with van der Waals surface area (Å²) >= 11 is 0. The molecule has 0 spiro atoms. The molecule has 9 heteroatoms. The minimum atomic E-state index is -0.490. The molecule has 1 atom stereocenters. The summed E-state index contributed by atoms with van der Waals surface area (Å²) in [5, 5.41) is 8.38. The molecule has 0 bridgehead atoms. The molecule has 3 aromatic rings. The molecule has 1 fully saturated rings. The van der Waals surface area contributed by atoms with Gasteiger partial charge in [0.25, 0.3) is 0 Å². The maximum Gasteiger partial charge on any atom is 0.410 e. The van der Waals surface area contributed by atoms with Gasteiger partial charge < -0.3 is 14.4 Å². The third-order valence-corrected chi connectivity index (χ3v) is 4.97. The first-order chi connectivity index (χ1) is 14.3. The number of fused-ring (bicyclic) bond motifs is 1. The first kappa shape index (κ1) is 20.1. The Bertz CT molecular complexity index is 1040. The Morgan fingerprint density at radius 2 is 2.00 bits per heavy atom. The van der Waals surface area contributed by atoms with Crippen molar-refractivity contribution < 1.29 is 14.3 Å². The molecule has 30 heavy (non-hydrogen) atoms. The van der Waals surface area contributed by atoms with Crippen LogP contribution in [0.15, 0.2) is 30.5 Å². The Morgan fingerprint density at radius 3 is 2.70 bits per heavy atom. The Balaban J connectivity index is 1.48. The minimum absolute atomic E-state index is 0.261. The van der Waals surface area contributed by atoms with Gasteiger partial charge in [-0.25, -0.2) is 14.8 Å². The molecule has 2 aromatic heterocycles. The van der Waals surface area contributed by atoms with Crippen molar-refractivity contribution >= 4 is 17.3 Å². The average molecular weight is 410 g/mol. The molecule has 1 amide bonds. The van der Waals surface area contributed by atoms with Crippen LogP contribution in [-0.4, -0.2) is 61.8 Å². The maximum atomic E-state index is 12.3. The standard InChI is InChI=1S/C21H26N6O3/c1-21(2,3)30-20(28)26-10-9-14(13-26)11-18-22-12-17-19(23-18)27(25-24-17)15-5-7-16(29-4)8-6-15/h5-8,12,14H,9-11,13H2,1-4H3/t14-/m0/s1. The van der Waals surface area contributed by atoms with Crippen molar-refractivity contribution in [1.82, 2.24) is 29.9 Å². The predicted molar refractivity (Wildman–Crippen MR) is 111 cm³/mol. The van der Waals surface area contributed by atoms with Crippen LogP contribution >= 0.6 is 0 Å². The summed E-state index contributed by atoms with van der Waals surface area (Å²) < 4.78 is 12.4. The van der Waals surface area contributed by atoms with E-state index < -0.39 is 5.60 Å². The second-order valence-electron chi connectivity index (χ2n) is 8.48. The molecular weight excluding hydrogens is 384 g/mol. The van der Waals surface area contributed by atoms with Crippen molar-refractivity contribution in [1.29, 1.82) is 0 Å². The van der Waals surface area contributed by atoms with E-state index in [0.29, 0.717) is 36.6 Å². The first-order valence-corrected chi connectivity index (χ1v) is 10.0. The Labute approximate surface area is 175 Å². The van der Waals surface area contributed by atoms with Crippen molar-refractivity contribution in [3.05, 3.63) is 36.3 Å². The molecular formula is C21H26N6O3. The molecule has 0 saturated carbocycles. The Morgan fingerprint density at radius 1 is 1.23 bits per heavy atom. The lowest BCUT2D eigenvalue weighted by molar-refractivity contribution is 0.0288. The average Bonchev–Trinajstić information content (AvgIpc) is 3.34. The lowest BCUT2D eigenvalue weighted by Crippen LogP contribution is -2.35. The maximum absolute atomic E-state index is 12.3. The fraction of sp³-hybridized carbons (Fsp3) is 0.476. The molecule has 1 aliphatic heterocycles. The number of aromatic nitrogens is 5. The highest BCUT2D eigenvalue weighted by Crippen LogP contribution is 2.23. The zero-order chi connectivity index (χ0) is 21.3. The fourth-order valence-electron chi connectivity index (χ4n) is 3.51. The van der Waals surface area contributed by atoms with Crippen LogP contribution in [0.5, 0.6) is 5.75 Å². The number of nitrogens with zero attached hydrogens (tertiary/aromatic N) is 6. The number of carbonyl (C=O) groups is 1. The summed E-state index contributed by atoms with van der Waals surface area (Å²) in [6.07, 6.45) is 3.02. The van der Waals surface area contributed by atoms with Gasteiger partial charge >= 0.3 is 6.09 Å². The second kappa shape index (κ2) is 7.89. The lowest BCUT2D eigenvalue weighted by atomic mass is 10.0. The third-order valence-electron chi connectivity index (χ3n) is 4.97. The van der Waals surface area contributed by atoms with Crippen LogP contribution in [0.3, 0.4) is 0 Å². The van der Waals surface area contributed by atoms with Gasteiger partial charge in [0.15, 0.2) is 11.2 Å². The van der Waals surface area contributed by atoms with Crippen LogP contribution in [0.1, 0.15) is 33.0 Å². The molecule has 1 saturated heterocycles. The molecule has 158 valence electrons. The number of rotatable bonds is 4. The van der Waals surface area contributed by atoms with Crippen molar-refractivity contribution in [3.63, 3.8) is 0 Å². The SMILES string of the molecule is COc1ccc(-n2nnc3cnc(C[C@@H]4CCN(C(=O)OC(C)(C)C)C4)nc32)cc1. The third kappa shape index (κ3) is 4.34. The quantitative estimate of drug-likeness (QED) is 0.652. The highest BCUT2D eigenvalue weighted by molar-refractivity contribution is 5.70. The number of methoxy groups -OCH3 is 1. The van der Waals surface area contributed by atoms with Gasteiger partial charge in [-0.2, -0.15) is 4.68 Å². The van der Waals surface area contributed by atoms with Crippen molar-refractivity contribution in [3.8, 4) is 11.4 Å². The summed E-state index contributed by atoms with van der Waals surface area (Å²) in [6, 6.07) is 7.55. The number of carbonyl (C=O) groups excluding carboxylic acids is 1. The van der Waals surface area contributed by atoms with Crippen LogP contribution < -0.4 is 4.74 Å². The summed E-state index contributed by atoms with van der Waals surface area (Å²) in [4.78, 5) is 23.2. The van der Waals surface area contributed by atoms with E-state index >= 15 is 0 Å². The summed E-state index contributed by atoms with van der Waals surface area (Å²) in [7, 11) is 1.63. The van der Waals surface area contributed by atoms with E-state index in [1.54, 1.807) is 22.9 Å². The van der Waals surface area contributed by atoms with Gasteiger partial charge in [0, 0.05) is 19.5 Å². The normalized spacial score (nSPS) is 16.8. The van der Waals surface area contributed by atoms with Gasteiger partial charge in [-0.05, 0) is 57.4 Å². The molecule has 9 nitrogen and oxygen atoms in total. The van der Waals surface area contributed by atoms with E-state index in [1.165, 1.54) is 0 Å². The van der Waals surface area contributed by atoms with Gasteiger partial charge in [0.1, 0.15) is 17.2 Å². The molecule has 0 N–H and O–H groups in total. The van der Waals surface area contributed by atoms with E-state index in [2.05, 4.69) is 15.3 Å². The van der Waals surface area contributed by atoms with E-state index in [1.807, 2.05) is 45.0 Å². The number of amides is 1. The van der Waals surface area contributed by atoms with E-state index in [9.17, 15) is 4.79 Å². The first-order valence-electron chi connectivity index (χ1n) is 10.0. The van der Waals surface area contributed by atoms with E-state index in [0.717, 1.165) is 23.7 Å². The summed E-state index contributed by atoms with van der Waals surface area (Å²) in [6.45, 7) is 6.96. The van der Waals surface area contributed by atoms with Crippen molar-refractivity contribution in [2.75, 3.05) is 20.2 Å². The zero-order valence-corrected chi connectivity index (χ0v) is 17.7. The summed E-state index contributed by atoms with van der Waals surface area (Å²) in [5.74, 6) is 1.78. The van der Waals surface area contributed by atoms with Crippen LogP contribution in [0.25, 0.3) is 16.9 Å². The molecule has 1 aliphatic rings. The topological polar surface area (TPSA) is 95.3 Å². The van der Waals surface area contributed by atoms with Gasteiger partial charge in [-0.1, -0.05) is 5.21 Å². The number of ether oxygens (including phenoxy) is 2. The lowest BCUT2D eigenvalue weighted by Gasteiger charge is -2.24. The van der Waals surface area contributed by atoms with Gasteiger partial charge in [0.05, 0.1) is 19.0 Å². The van der Waals surface area contributed by atoms with Crippen LogP contribution in [-0.2, 0) is 11.2 Å². The van der Waals surface area contributed by atoms with Gasteiger partial charge in [-0.3, -0.25) is 0 Å². The van der Waals surface area contributed by atoms with Crippen molar-refractivity contribution in [2.24, 2.45) is 5.92 Å². The Kier molecular flexibility index (Phi) is 5.27. The summed E-state index contributed by atoms with van der Waals surface area (Å²) in [5.41, 5.74) is 1.65. The fourth-order valence-corrected chi connectivity index (χ4v) is 3.51. The number of benzene rings is 1. The van der Waals surface area contributed by atoms with Gasteiger partial charge in [-0.15, -0.1) is 5.10 Å². The highest BCUT2D eigenvalue weighted by atomic mass is 16.6. The monoisotopic (exact) mass is 410 g/mol. The number of hydrogen-bond acceptors (Lipinski definition) is 7. The Hall–Kier alpha value is -3.23.